The van der Waals surface area contributed by atoms with Crippen molar-refractivity contribution in [2.45, 2.75) is 31.4 Å². The molecular weight excluding hydrogens is 212 g/mol. The largest absolute Gasteiger partial charge is 0.478 e. The van der Waals surface area contributed by atoms with Crippen molar-refractivity contribution in [3.63, 3.8) is 0 Å². The molecule has 0 spiro atoms. The summed E-state index contributed by atoms with van der Waals surface area (Å²) in [7, 11) is 0. The van der Waals surface area contributed by atoms with Crippen molar-refractivity contribution < 1.29 is 19.8 Å². The van der Waals surface area contributed by atoms with Gasteiger partial charge in [0.1, 0.15) is 6.10 Å². The number of aliphatic carboxylic acids is 1. The molecule has 0 bridgehead atoms. The third-order valence-corrected chi connectivity index (χ3v) is 2.17. The number of hydrogen-bond acceptors (Lipinski definition) is 4. The van der Waals surface area contributed by atoms with Crippen LogP contribution in [0.1, 0.15) is 19.3 Å². The van der Waals surface area contributed by atoms with Crippen LogP contribution in [0.5, 0.6) is 0 Å². The summed E-state index contributed by atoms with van der Waals surface area (Å²) >= 11 is 0. The molecule has 0 aromatic carbocycles. The highest BCUT2D eigenvalue weighted by Gasteiger charge is 2.20. The summed E-state index contributed by atoms with van der Waals surface area (Å²) in [6.45, 7) is 3.94. The fraction of sp³-hybridized carbons (Fsp3) is 0.600. The van der Waals surface area contributed by atoms with E-state index in [1.165, 1.54) is 0 Å². The average molecular weight is 230 g/mol. The van der Waals surface area contributed by atoms with E-state index in [1.807, 2.05) is 0 Å². The number of primary amides is 1. The Hall–Kier alpha value is -1.40. The van der Waals surface area contributed by atoms with Crippen LogP contribution in [0.4, 0.5) is 0 Å². The molecule has 1 fully saturated rings. The summed E-state index contributed by atoms with van der Waals surface area (Å²) in [6.07, 6.45) is 2.46. The topological polar surface area (TPSA) is 113 Å². The van der Waals surface area contributed by atoms with Gasteiger partial charge in [0.05, 0.1) is 0 Å². The predicted molar refractivity (Wildman–Crippen MR) is 58.7 cm³/mol. The number of nitrogens with one attached hydrogen (secondary N) is 1. The number of amides is 1. The zero-order valence-electron chi connectivity index (χ0n) is 9.06. The summed E-state index contributed by atoms with van der Waals surface area (Å²) in [4.78, 5) is 19.7. The monoisotopic (exact) mass is 230 g/mol. The van der Waals surface area contributed by atoms with Crippen LogP contribution in [-0.2, 0) is 9.59 Å². The highest BCUT2D eigenvalue weighted by atomic mass is 16.4. The molecule has 1 aliphatic rings. The molecule has 0 aliphatic carbocycles. The minimum Gasteiger partial charge on any atom is -0.478 e. The summed E-state index contributed by atoms with van der Waals surface area (Å²) in [5, 5.41) is 19.9. The standard InChI is InChI=1S/C7H14N2O2.C3H4O2/c8-7(11)6(10)4-5-2-1-3-9-5;1-2-3(4)5/h5-6,9-10H,1-4H2,(H2,8,11);2H,1H2,(H,4,5). The van der Waals surface area contributed by atoms with Crippen LogP contribution in [0.2, 0.25) is 0 Å². The molecule has 1 saturated heterocycles. The van der Waals surface area contributed by atoms with Crippen LogP contribution >= 0.6 is 0 Å². The summed E-state index contributed by atoms with van der Waals surface area (Å²) in [5.41, 5.74) is 4.90. The van der Waals surface area contributed by atoms with Gasteiger partial charge in [-0.3, -0.25) is 4.79 Å². The van der Waals surface area contributed by atoms with Crippen molar-refractivity contribution in [3.8, 4) is 0 Å². The zero-order chi connectivity index (χ0) is 12.6. The van der Waals surface area contributed by atoms with Crippen molar-refractivity contribution in [1.82, 2.24) is 5.32 Å². The van der Waals surface area contributed by atoms with E-state index in [0.29, 0.717) is 6.42 Å². The molecule has 0 radical (unpaired) electrons. The number of aliphatic hydroxyl groups is 1. The molecular formula is C10H18N2O4. The van der Waals surface area contributed by atoms with E-state index < -0.39 is 18.0 Å². The summed E-state index contributed by atoms with van der Waals surface area (Å²) in [6, 6.07) is 0.275. The van der Waals surface area contributed by atoms with Gasteiger partial charge in [0, 0.05) is 12.1 Å². The Bertz CT molecular complexity index is 249. The second-order valence-corrected chi connectivity index (χ2v) is 3.49. The maximum absolute atomic E-state index is 10.4. The van der Waals surface area contributed by atoms with E-state index in [-0.39, 0.29) is 6.04 Å². The first-order valence-electron chi connectivity index (χ1n) is 5.03. The normalized spacial score (nSPS) is 20.4. The van der Waals surface area contributed by atoms with Crippen molar-refractivity contribution in [2.75, 3.05) is 6.54 Å². The molecule has 2 unspecified atom stereocenters. The molecule has 6 nitrogen and oxygen atoms in total. The van der Waals surface area contributed by atoms with Gasteiger partial charge in [-0.05, 0) is 25.8 Å². The number of carboxylic acid groups (broad SMARTS) is 1. The lowest BCUT2D eigenvalue weighted by Crippen LogP contribution is -2.35. The van der Waals surface area contributed by atoms with E-state index in [2.05, 4.69) is 11.9 Å². The number of carboxylic acids is 1. The molecule has 6 heteroatoms. The molecule has 0 saturated carbocycles. The lowest BCUT2D eigenvalue weighted by Gasteiger charge is -2.12. The lowest BCUT2D eigenvalue weighted by molar-refractivity contribution is -0.131. The molecule has 2 atom stereocenters. The SMILES string of the molecule is C=CC(=O)O.NC(=O)C(O)CC1CCCN1. The molecule has 92 valence electrons. The van der Waals surface area contributed by atoms with Gasteiger partial charge in [-0.2, -0.15) is 0 Å². The van der Waals surface area contributed by atoms with Crippen LogP contribution < -0.4 is 11.1 Å². The Morgan fingerprint density at radius 3 is 2.50 bits per heavy atom. The second-order valence-electron chi connectivity index (χ2n) is 3.49. The number of carbonyl (C=O) groups is 2. The van der Waals surface area contributed by atoms with Gasteiger partial charge in [0.2, 0.25) is 5.91 Å². The van der Waals surface area contributed by atoms with Gasteiger partial charge in [-0.15, -0.1) is 0 Å². The number of hydrogen-bond donors (Lipinski definition) is 4. The molecule has 0 aromatic rings. The fourth-order valence-corrected chi connectivity index (χ4v) is 1.34. The number of rotatable bonds is 4. The second kappa shape index (κ2) is 7.84. The van der Waals surface area contributed by atoms with Gasteiger partial charge in [0.15, 0.2) is 0 Å². The molecule has 1 aliphatic heterocycles. The van der Waals surface area contributed by atoms with Crippen LogP contribution in [0.3, 0.4) is 0 Å². The highest BCUT2D eigenvalue weighted by molar-refractivity contribution is 5.79. The van der Waals surface area contributed by atoms with Gasteiger partial charge in [0.25, 0.3) is 0 Å². The molecule has 5 N–H and O–H groups in total. The zero-order valence-corrected chi connectivity index (χ0v) is 9.06. The van der Waals surface area contributed by atoms with Gasteiger partial charge in [-0.25, -0.2) is 4.79 Å². The minimum absolute atomic E-state index is 0.275. The first-order valence-corrected chi connectivity index (χ1v) is 5.03. The number of nitrogens with two attached hydrogens (primary N) is 1. The van der Waals surface area contributed by atoms with E-state index in [4.69, 9.17) is 15.9 Å². The first-order chi connectivity index (χ1) is 7.47. The Kier molecular flexibility index (Phi) is 7.15. The first kappa shape index (κ1) is 14.6. The third-order valence-electron chi connectivity index (χ3n) is 2.17. The summed E-state index contributed by atoms with van der Waals surface area (Å²) in [5.74, 6) is -1.61. The van der Waals surface area contributed by atoms with E-state index in [1.54, 1.807) is 0 Å². The Morgan fingerprint density at radius 2 is 2.19 bits per heavy atom. The molecule has 16 heavy (non-hydrogen) atoms. The van der Waals surface area contributed by atoms with Crippen molar-refractivity contribution in [3.05, 3.63) is 12.7 Å². The summed E-state index contributed by atoms with van der Waals surface area (Å²) < 4.78 is 0. The maximum Gasteiger partial charge on any atom is 0.327 e. The average Bonchev–Trinajstić information content (AvgIpc) is 2.71. The minimum atomic E-state index is -0.981. The van der Waals surface area contributed by atoms with Crippen LogP contribution in [0, 0.1) is 0 Å². The Morgan fingerprint density at radius 1 is 1.62 bits per heavy atom. The number of carbonyl (C=O) groups excluding carboxylic acids is 1. The van der Waals surface area contributed by atoms with Gasteiger partial charge < -0.3 is 21.3 Å². The number of aliphatic hydroxyl groups excluding tert-OH is 1. The Labute approximate surface area is 94.1 Å². The quantitative estimate of drug-likeness (QED) is 0.474. The molecule has 1 rings (SSSR count). The van der Waals surface area contributed by atoms with E-state index >= 15 is 0 Å². The smallest absolute Gasteiger partial charge is 0.327 e. The van der Waals surface area contributed by atoms with Crippen LogP contribution in [0.15, 0.2) is 12.7 Å². The van der Waals surface area contributed by atoms with Crippen LogP contribution in [0.25, 0.3) is 0 Å². The highest BCUT2D eigenvalue weighted by Crippen LogP contribution is 2.10. The van der Waals surface area contributed by atoms with Crippen molar-refractivity contribution in [1.29, 1.82) is 0 Å². The molecule has 0 aromatic heterocycles. The van der Waals surface area contributed by atoms with E-state index in [0.717, 1.165) is 25.5 Å². The lowest BCUT2D eigenvalue weighted by atomic mass is 10.1. The molecule has 1 amide bonds. The van der Waals surface area contributed by atoms with E-state index in [9.17, 15) is 9.59 Å². The maximum atomic E-state index is 10.4. The van der Waals surface area contributed by atoms with Crippen molar-refractivity contribution in [2.24, 2.45) is 5.73 Å². The third kappa shape index (κ3) is 6.97. The fourth-order valence-electron chi connectivity index (χ4n) is 1.34. The molecule has 1 heterocycles. The Balaban J connectivity index is 0.000000385. The van der Waals surface area contributed by atoms with Gasteiger partial charge in [-0.1, -0.05) is 6.58 Å². The predicted octanol–water partition coefficient (Wildman–Crippen LogP) is -0.768. The van der Waals surface area contributed by atoms with Crippen molar-refractivity contribution >= 4 is 11.9 Å². The van der Waals surface area contributed by atoms with Crippen LogP contribution in [-0.4, -0.2) is 40.8 Å². The van der Waals surface area contributed by atoms with Gasteiger partial charge >= 0.3 is 5.97 Å².